The first-order valence-electron chi connectivity index (χ1n) is 14.5. The number of carboxylic acids is 1. The van der Waals surface area contributed by atoms with Crippen LogP contribution in [0, 0.1) is 5.92 Å². The smallest absolute Gasteiger partial charge is 0.320 e. The van der Waals surface area contributed by atoms with Gasteiger partial charge in [0.1, 0.15) is 17.8 Å². The third-order valence-electron chi connectivity index (χ3n) is 7.66. The molecule has 0 saturated heterocycles. The standard InChI is InChI=1S/C33H38N4O7/c1-19(2)14-27(30(39)36-28(29(38)34-3)15-20-8-6-5-7-9-20)35-26(33(42)43)12-13-37-31(40)24-17-21-10-11-23(44-4)16-22(21)18-25(24)32(37)41/h5-11,16-19,26-28,35H,12-15H2,1-4H3,(H,34,38)(H,36,39)(H,42,43)/t26?,27-,28-/m0/s1. The molecule has 1 aliphatic rings. The molecule has 4 N–H and O–H groups in total. The molecule has 0 bridgehead atoms. The van der Waals surface area contributed by atoms with Crippen LogP contribution in [-0.2, 0) is 20.8 Å². The monoisotopic (exact) mass is 602 g/mol. The highest BCUT2D eigenvalue weighted by Crippen LogP contribution is 2.30. The van der Waals surface area contributed by atoms with Gasteiger partial charge in [0.25, 0.3) is 11.8 Å². The van der Waals surface area contributed by atoms with Crippen LogP contribution >= 0.6 is 0 Å². The summed E-state index contributed by atoms with van der Waals surface area (Å²) in [5.74, 6) is -2.50. The lowest BCUT2D eigenvalue weighted by Gasteiger charge is -2.27. The Bertz CT molecular complexity index is 1560. The first-order chi connectivity index (χ1) is 21.0. The second-order valence-corrected chi connectivity index (χ2v) is 11.3. The molecule has 0 radical (unpaired) electrons. The predicted octanol–water partition coefficient (Wildman–Crippen LogP) is 2.77. The number of imide groups is 1. The number of carboxylic acid groups (broad SMARTS) is 1. The molecule has 0 saturated carbocycles. The quantitative estimate of drug-likeness (QED) is 0.206. The number of carbonyl (C=O) groups excluding carboxylic acids is 4. The lowest BCUT2D eigenvalue weighted by atomic mass is 10.00. The minimum Gasteiger partial charge on any atom is -0.497 e. The van der Waals surface area contributed by atoms with Gasteiger partial charge in [-0.2, -0.15) is 0 Å². The Balaban J connectivity index is 1.47. The molecule has 4 rings (SSSR count). The van der Waals surface area contributed by atoms with Crippen molar-refractivity contribution in [2.75, 3.05) is 20.7 Å². The number of ether oxygens (including phenoxy) is 1. The molecule has 232 valence electrons. The summed E-state index contributed by atoms with van der Waals surface area (Å²) in [7, 11) is 3.02. The van der Waals surface area contributed by atoms with Crippen LogP contribution in [0.1, 0.15) is 53.0 Å². The molecule has 11 heteroatoms. The van der Waals surface area contributed by atoms with E-state index in [0.717, 1.165) is 21.2 Å². The van der Waals surface area contributed by atoms with Crippen LogP contribution in [0.5, 0.6) is 5.75 Å². The minimum atomic E-state index is -1.25. The third kappa shape index (κ3) is 7.41. The van der Waals surface area contributed by atoms with Crippen LogP contribution in [0.15, 0.2) is 60.7 Å². The fourth-order valence-electron chi connectivity index (χ4n) is 5.35. The summed E-state index contributed by atoms with van der Waals surface area (Å²) in [6.07, 6.45) is 0.425. The van der Waals surface area contributed by atoms with Gasteiger partial charge in [0.2, 0.25) is 11.8 Å². The molecule has 1 heterocycles. The highest BCUT2D eigenvalue weighted by Gasteiger charge is 2.37. The van der Waals surface area contributed by atoms with E-state index < -0.39 is 41.8 Å². The summed E-state index contributed by atoms with van der Waals surface area (Å²) >= 11 is 0. The van der Waals surface area contributed by atoms with E-state index in [2.05, 4.69) is 16.0 Å². The second kappa shape index (κ2) is 14.1. The number of methoxy groups -OCH3 is 1. The number of fused-ring (bicyclic) bond motifs is 2. The molecular formula is C33H38N4O7. The van der Waals surface area contributed by atoms with Crippen LogP contribution in [0.4, 0.5) is 0 Å². The first kappa shape index (κ1) is 32.2. The van der Waals surface area contributed by atoms with E-state index in [-0.39, 0.29) is 42.3 Å². The number of aliphatic carboxylic acids is 1. The van der Waals surface area contributed by atoms with Crippen LogP contribution in [0.2, 0.25) is 0 Å². The van der Waals surface area contributed by atoms with Crippen molar-refractivity contribution in [3.05, 3.63) is 77.4 Å². The van der Waals surface area contributed by atoms with Gasteiger partial charge >= 0.3 is 5.97 Å². The van der Waals surface area contributed by atoms with Gasteiger partial charge in [0.05, 0.1) is 24.3 Å². The molecule has 1 aliphatic heterocycles. The maximum atomic E-state index is 13.5. The number of hydrogen-bond donors (Lipinski definition) is 4. The van der Waals surface area contributed by atoms with Gasteiger partial charge in [-0.25, -0.2) is 0 Å². The third-order valence-corrected chi connectivity index (χ3v) is 7.66. The van der Waals surface area contributed by atoms with Crippen molar-refractivity contribution in [1.29, 1.82) is 0 Å². The molecule has 0 aliphatic carbocycles. The number of carbonyl (C=O) groups is 5. The molecule has 0 spiro atoms. The van der Waals surface area contributed by atoms with E-state index in [0.29, 0.717) is 12.2 Å². The molecule has 0 aromatic heterocycles. The maximum Gasteiger partial charge on any atom is 0.320 e. The number of amides is 4. The van der Waals surface area contributed by atoms with E-state index in [4.69, 9.17) is 4.74 Å². The summed E-state index contributed by atoms with van der Waals surface area (Å²) in [6.45, 7) is 3.63. The van der Waals surface area contributed by atoms with Crippen LogP contribution < -0.4 is 20.7 Å². The summed E-state index contributed by atoms with van der Waals surface area (Å²) < 4.78 is 5.26. The maximum absolute atomic E-state index is 13.5. The van der Waals surface area contributed by atoms with Gasteiger partial charge in [-0.15, -0.1) is 0 Å². The minimum absolute atomic E-state index is 0.0178. The first-order valence-corrected chi connectivity index (χ1v) is 14.5. The zero-order chi connectivity index (χ0) is 32.0. The van der Waals surface area contributed by atoms with Crippen molar-refractivity contribution in [3.63, 3.8) is 0 Å². The zero-order valence-corrected chi connectivity index (χ0v) is 25.3. The lowest BCUT2D eigenvalue weighted by molar-refractivity contribution is -0.140. The molecule has 44 heavy (non-hydrogen) atoms. The highest BCUT2D eigenvalue weighted by molar-refractivity contribution is 6.23. The number of likely N-dealkylation sites (N-methyl/N-ethyl adjacent to an activating group) is 1. The molecule has 3 aromatic carbocycles. The lowest BCUT2D eigenvalue weighted by Crippen LogP contribution is -2.56. The molecule has 3 atom stereocenters. The van der Waals surface area contributed by atoms with E-state index >= 15 is 0 Å². The van der Waals surface area contributed by atoms with Crippen LogP contribution in [0.25, 0.3) is 10.8 Å². The Morgan fingerprint density at radius 2 is 1.52 bits per heavy atom. The number of rotatable bonds is 14. The molecule has 4 amide bonds. The fourth-order valence-corrected chi connectivity index (χ4v) is 5.35. The zero-order valence-electron chi connectivity index (χ0n) is 25.3. The fraction of sp³-hybridized carbons (Fsp3) is 0.364. The average Bonchev–Trinajstić information content (AvgIpc) is 3.24. The summed E-state index contributed by atoms with van der Waals surface area (Å²) in [4.78, 5) is 65.9. The predicted molar refractivity (Wildman–Crippen MR) is 164 cm³/mol. The number of hydrogen-bond acceptors (Lipinski definition) is 7. The normalized spacial score (nSPS) is 14.7. The van der Waals surface area contributed by atoms with Crippen molar-refractivity contribution in [2.45, 2.75) is 51.2 Å². The van der Waals surface area contributed by atoms with E-state index in [1.807, 2.05) is 44.2 Å². The molecule has 1 unspecified atom stereocenters. The van der Waals surface area contributed by atoms with Crippen LogP contribution in [0.3, 0.4) is 0 Å². The number of nitrogens with zero attached hydrogens (tertiary/aromatic N) is 1. The van der Waals surface area contributed by atoms with Gasteiger partial charge in [-0.3, -0.25) is 34.2 Å². The highest BCUT2D eigenvalue weighted by atomic mass is 16.5. The Labute approximate surface area is 255 Å². The van der Waals surface area contributed by atoms with Gasteiger partial charge in [-0.1, -0.05) is 50.2 Å². The largest absolute Gasteiger partial charge is 0.497 e. The summed E-state index contributed by atoms with van der Waals surface area (Å²) in [5, 5.41) is 19.8. The van der Waals surface area contributed by atoms with Gasteiger partial charge in [0, 0.05) is 20.0 Å². The van der Waals surface area contributed by atoms with E-state index in [1.54, 1.807) is 30.3 Å². The second-order valence-electron chi connectivity index (χ2n) is 11.3. The Hall–Kier alpha value is -4.77. The number of nitrogens with one attached hydrogen (secondary N) is 3. The van der Waals surface area contributed by atoms with Crippen molar-refractivity contribution in [1.82, 2.24) is 20.9 Å². The summed E-state index contributed by atoms with van der Waals surface area (Å²) in [5.41, 5.74) is 1.35. The molecule has 3 aromatic rings. The van der Waals surface area contributed by atoms with Crippen molar-refractivity contribution >= 4 is 40.4 Å². The van der Waals surface area contributed by atoms with Gasteiger partial charge < -0.3 is 20.5 Å². The van der Waals surface area contributed by atoms with Gasteiger partial charge in [0.15, 0.2) is 0 Å². The molecule has 0 fully saturated rings. The van der Waals surface area contributed by atoms with Crippen molar-refractivity contribution in [2.24, 2.45) is 5.92 Å². The van der Waals surface area contributed by atoms with E-state index in [9.17, 15) is 29.1 Å². The number of benzene rings is 3. The topological polar surface area (TPSA) is 154 Å². The van der Waals surface area contributed by atoms with Crippen LogP contribution in [-0.4, -0.2) is 78.4 Å². The Kier molecular flexibility index (Phi) is 10.3. The van der Waals surface area contributed by atoms with Gasteiger partial charge in [-0.05, 0) is 59.4 Å². The van der Waals surface area contributed by atoms with E-state index in [1.165, 1.54) is 14.2 Å². The molecular weight excluding hydrogens is 564 g/mol. The SMILES string of the molecule is CNC(=O)[C@H](Cc1ccccc1)NC(=O)[C@H](CC(C)C)NC(CCN1C(=O)c2cc3ccc(OC)cc3cc2C1=O)C(=O)O. The Morgan fingerprint density at radius 3 is 2.11 bits per heavy atom. The average molecular weight is 603 g/mol. The Morgan fingerprint density at radius 1 is 0.864 bits per heavy atom. The summed E-state index contributed by atoms with van der Waals surface area (Å²) in [6, 6.07) is 14.8. The van der Waals surface area contributed by atoms with Crippen molar-refractivity contribution in [3.8, 4) is 5.75 Å². The van der Waals surface area contributed by atoms with Crippen molar-refractivity contribution < 1.29 is 33.8 Å². The molecule has 11 nitrogen and oxygen atoms in total.